The summed E-state index contributed by atoms with van der Waals surface area (Å²) in [5.74, 6) is -2.52. The Bertz CT molecular complexity index is 679. The van der Waals surface area contributed by atoms with Crippen molar-refractivity contribution in [2.45, 2.75) is 4.90 Å². The van der Waals surface area contributed by atoms with Crippen LogP contribution in [-0.2, 0) is 4.79 Å². The molecule has 3 N–H and O–H groups in total. The summed E-state index contributed by atoms with van der Waals surface area (Å²) in [7, 11) is 0. The van der Waals surface area contributed by atoms with Gasteiger partial charge in [0.15, 0.2) is 0 Å². The van der Waals surface area contributed by atoms with E-state index < -0.39 is 23.4 Å². The molecule has 2 rings (SSSR count). The molecule has 0 heterocycles. The maximum atomic E-state index is 13.4. The minimum absolute atomic E-state index is 0.108. The second-order valence-electron chi connectivity index (χ2n) is 4.14. The standard InChI is InChI=1S/C14H11F3N2OS/c15-8-1-3-10(17)12(5-8)19-14(20)7-21-13-6-9(16)2-4-11(13)18/h1-6H,7,18H2,(H,19,20). The van der Waals surface area contributed by atoms with Crippen molar-refractivity contribution in [3.8, 4) is 0 Å². The molecule has 0 radical (unpaired) electrons. The van der Waals surface area contributed by atoms with Crippen LogP contribution in [0.5, 0.6) is 0 Å². The zero-order valence-electron chi connectivity index (χ0n) is 10.7. The van der Waals surface area contributed by atoms with Gasteiger partial charge in [-0.1, -0.05) is 0 Å². The number of benzene rings is 2. The number of halogens is 3. The van der Waals surface area contributed by atoms with Gasteiger partial charge in [-0.15, -0.1) is 11.8 Å². The number of nitrogen functional groups attached to an aromatic ring is 1. The van der Waals surface area contributed by atoms with Crippen LogP contribution in [0.15, 0.2) is 41.3 Å². The van der Waals surface area contributed by atoms with Gasteiger partial charge in [-0.25, -0.2) is 13.2 Å². The van der Waals surface area contributed by atoms with Crippen molar-refractivity contribution >= 4 is 29.0 Å². The average Bonchev–Trinajstić information content (AvgIpc) is 2.44. The number of anilines is 2. The van der Waals surface area contributed by atoms with Gasteiger partial charge in [0.25, 0.3) is 0 Å². The number of nitrogens with two attached hydrogens (primary N) is 1. The van der Waals surface area contributed by atoms with E-state index in [1.165, 1.54) is 18.2 Å². The molecule has 2 aromatic carbocycles. The van der Waals surface area contributed by atoms with Gasteiger partial charge in [-0.05, 0) is 30.3 Å². The van der Waals surface area contributed by atoms with E-state index in [0.717, 1.165) is 30.0 Å². The number of rotatable bonds is 4. The first-order valence-corrected chi connectivity index (χ1v) is 6.87. The van der Waals surface area contributed by atoms with E-state index in [-0.39, 0.29) is 11.4 Å². The molecule has 0 saturated heterocycles. The van der Waals surface area contributed by atoms with E-state index in [2.05, 4.69) is 5.32 Å². The van der Waals surface area contributed by atoms with Crippen molar-refractivity contribution in [1.29, 1.82) is 0 Å². The van der Waals surface area contributed by atoms with Crippen LogP contribution in [-0.4, -0.2) is 11.7 Å². The number of hydrogen-bond donors (Lipinski definition) is 2. The molecule has 0 unspecified atom stereocenters. The first-order chi connectivity index (χ1) is 9.95. The highest BCUT2D eigenvalue weighted by Crippen LogP contribution is 2.26. The molecule has 0 aliphatic heterocycles. The third kappa shape index (κ3) is 4.16. The zero-order valence-corrected chi connectivity index (χ0v) is 11.5. The molecule has 110 valence electrons. The highest BCUT2D eigenvalue weighted by molar-refractivity contribution is 8.00. The van der Waals surface area contributed by atoms with Crippen LogP contribution in [0.25, 0.3) is 0 Å². The molecule has 3 nitrogen and oxygen atoms in total. The van der Waals surface area contributed by atoms with E-state index in [9.17, 15) is 18.0 Å². The van der Waals surface area contributed by atoms with Crippen LogP contribution in [0.1, 0.15) is 0 Å². The fourth-order valence-corrected chi connectivity index (χ4v) is 2.35. The third-order valence-electron chi connectivity index (χ3n) is 2.54. The number of carbonyl (C=O) groups is 1. The number of nitrogens with one attached hydrogen (secondary N) is 1. The maximum absolute atomic E-state index is 13.4. The average molecular weight is 312 g/mol. The molecule has 0 aliphatic rings. The fourth-order valence-electron chi connectivity index (χ4n) is 1.56. The van der Waals surface area contributed by atoms with Gasteiger partial charge in [-0.2, -0.15) is 0 Å². The molecule has 0 spiro atoms. The van der Waals surface area contributed by atoms with E-state index in [1.807, 2.05) is 0 Å². The van der Waals surface area contributed by atoms with Crippen LogP contribution >= 0.6 is 11.8 Å². The van der Waals surface area contributed by atoms with Crippen LogP contribution in [0.2, 0.25) is 0 Å². The molecule has 2 aromatic rings. The summed E-state index contributed by atoms with van der Waals surface area (Å²) in [5.41, 5.74) is 5.74. The summed E-state index contributed by atoms with van der Waals surface area (Å²) >= 11 is 1.01. The lowest BCUT2D eigenvalue weighted by atomic mass is 10.3. The predicted octanol–water partition coefficient (Wildman–Crippen LogP) is 3.42. The third-order valence-corrected chi connectivity index (χ3v) is 3.61. The lowest BCUT2D eigenvalue weighted by Crippen LogP contribution is -2.15. The number of thioether (sulfide) groups is 1. The smallest absolute Gasteiger partial charge is 0.234 e. The van der Waals surface area contributed by atoms with Crippen molar-refractivity contribution < 1.29 is 18.0 Å². The summed E-state index contributed by atoms with van der Waals surface area (Å²) in [6.45, 7) is 0. The Kier molecular flexibility index (Phi) is 4.74. The summed E-state index contributed by atoms with van der Waals surface area (Å²) in [5, 5.41) is 2.25. The highest BCUT2D eigenvalue weighted by Gasteiger charge is 2.10. The Hall–Kier alpha value is -2.15. The Morgan fingerprint density at radius 3 is 2.52 bits per heavy atom. The molecule has 21 heavy (non-hydrogen) atoms. The number of hydrogen-bond acceptors (Lipinski definition) is 3. The maximum Gasteiger partial charge on any atom is 0.234 e. The van der Waals surface area contributed by atoms with E-state index in [1.54, 1.807) is 0 Å². The summed E-state index contributed by atoms with van der Waals surface area (Å²) in [4.78, 5) is 12.1. The monoisotopic (exact) mass is 312 g/mol. The van der Waals surface area contributed by atoms with Crippen molar-refractivity contribution in [2.75, 3.05) is 16.8 Å². The molecule has 7 heteroatoms. The summed E-state index contributed by atoms with van der Waals surface area (Å²) in [6, 6.07) is 6.56. The Labute approximate surface area is 123 Å². The van der Waals surface area contributed by atoms with Gasteiger partial charge >= 0.3 is 0 Å². The van der Waals surface area contributed by atoms with Crippen molar-refractivity contribution in [2.24, 2.45) is 0 Å². The predicted molar refractivity (Wildman–Crippen MR) is 76.5 cm³/mol. The molecule has 0 aliphatic carbocycles. The lowest BCUT2D eigenvalue weighted by Gasteiger charge is -2.08. The Morgan fingerprint density at radius 2 is 1.76 bits per heavy atom. The van der Waals surface area contributed by atoms with E-state index >= 15 is 0 Å². The van der Waals surface area contributed by atoms with Gasteiger partial charge in [0.05, 0.1) is 11.4 Å². The summed E-state index contributed by atoms with van der Waals surface area (Å²) in [6.07, 6.45) is 0. The highest BCUT2D eigenvalue weighted by atomic mass is 32.2. The van der Waals surface area contributed by atoms with Crippen molar-refractivity contribution in [1.82, 2.24) is 0 Å². The normalized spacial score (nSPS) is 10.4. The van der Waals surface area contributed by atoms with Crippen LogP contribution in [0, 0.1) is 17.5 Å². The molecule has 0 aromatic heterocycles. The van der Waals surface area contributed by atoms with Crippen LogP contribution in [0.4, 0.5) is 24.5 Å². The Balaban J connectivity index is 1.99. The minimum Gasteiger partial charge on any atom is -0.398 e. The van der Waals surface area contributed by atoms with Crippen molar-refractivity contribution in [3.05, 3.63) is 53.8 Å². The summed E-state index contributed by atoms with van der Waals surface area (Å²) < 4.78 is 39.4. The second kappa shape index (κ2) is 6.53. The van der Waals surface area contributed by atoms with Crippen LogP contribution in [0.3, 0.4) is 0 Å². The molecule has 0 bridgehead atoms. The zero-order chi connectivity index (χ0) is 15.4. The Morgan fingerprint density at radius 1 is 1.10 bits per heavy atom. The minimum atomic E-state index is -0.736. The topological polar surface area (TPSA) is 55.1 Å². The van der Waals surface area contributed by atoms with Crippen LogP contribution < -0.4 is 11.1 Å². The first kappa shape index (κ1) is 15.2. The van der Waals surface area contributed by atoms with Gasteiger partial charge in [0.2, 0.25) is 5.91 Å². The van der Waals surface area contributed by atoms with Crippen molar-refractivity contribution in [3.63, 3.8) is 0 Å². The molecule has 0 saturated carbocycles. The van der Waals surface area contributed by atoms with Gasteiger partial charge in [0, 0.05) is 16.6 Å². The molecule has 0 fully saturated rings. The second-order valence-corrected chi connectivity index (χ2v) is 5.16. The van der Waals surface area contributed by atoms with Gasteiger partial charge in [0.1, 0.15) is 17.5 Å². The first-order valence-electron chi connectivity index (χ1n) is 5.88. The van der Waals surface area contributed by atoms with E-state index in [0.29, 0.717) is 10.6 Å². The molecular formula is C14H11F3N2OS. The largest absolute Gasteiger partial charge is 0.398 e. The molecule has 0 atom stereocenters. The van der Waals surface area contributed by atoms with Gasteiger partial charge < -0.3 is 11.1 Å². The quantitative estimate of drug-likeness (QED) is 0.672. The molecule has 1 amide bonds. The fraction of sp³-hybridized carbons (Fsp3) is 0.0714. The lowest BCUT2D eigenvalue weighted by molar-refractivity contribution is -0.113. The SMILES string of the molecule is Nc1ccc(F)cc1SCC(=O)Nc1cc(F)ccc1F. The van der Waals surface area contributed by atoms with Gasteiger partial charge in [-0.3, -0.25) is 4.79 Å². The molecular weight excluding hydrogens is 301 g/mol. The van der Waals surface area contributed by atoms with E-state index in [4.69, 9.17) is 5.73 Å². The number of amides is 1. The number of carbonyl (C=O) groups excluding carboxylic acids is 1.